The molecule has 9 nitrogen and oxygen atoms in total. The summed E-state index contributed by atoms with van der Waals surface area (Å²) in [6, 6.07) is 9.85. The van der Waals surface area contributed by atoms with Crippen molar-refractivity contribution >= 4 is 34.1 Å². The lowest BCUT2D eigenvalue weighted by molar-refractivity contribution is -0.132. The first-order chi connectivity index (χ1) is 18.9. The molecule has 1 fully saturated rings. The third-order valence-electron chi connectivity index (χ3n) is 8.63. The molecule has 0 saturated carbocycles. The summed E-state index contributed by atoms with van der Waals surface area (Å²) in [5.74, 6) is 0.809. The van der Waals surface area contributed by atoms with Crippen molar-refractivity contribution < 1.29 is 14.3 Å². The largest absolute Gasteiger partial charge is 0.380 e. The highest BCUT2D eigenvalue weighted by atomic mass is 16.5. The molecule has 9 heteroatoms. The number of carbonyl (C=O) groups excluding carboxylic acids is 2. The molecular formula is C31H39N5O4. The molecule has 0 bridgehead atoms. The fourth-order valence-electron chi connectivity index (χ4n) is 5.95. The number of ether oxygens (including phenoxy) is 1. The number of benzene rings is 2. The van der Waals surface area contributed by atoms with Crippen molar-refractivity contribution in [2.24, 2.45) is 0 Å². The quantitative estimate of drug-likeness (QED) is 0.453. The third kappa shape index (κ3) is 4.76. The Morgan fingerprint density at radius 2 is 1.82 bits per heavy atom. The summed E-state index contributed by atoms with van der Waals surface area (Å²) in [5.41, 5.74) is 5.13. The van der Waals surface area contributed by atoms with Gasteiger partial charge in [-0.1, -0.05) is 6.07 Å². The van der Waals surface area contributed by atoms with Crippen molar-refractivity contribution in [1.82, 2.24) is 14.5 Å². The number of aromatic nitrogens is 2. The molecule has 0 aliphatic carbocycles. The van der Waals surface area contributed by atoms with Crippen LogP contribution < -0.4 is 15.4 Å². The molecule has 40 heavy (non-hydrogen) atoms. The summed E-state index contributed by atoms with van der Waals surface area (Å²) in [5, 5.41) is 0.561. The molecular weight excluding hydrogens is 506 g/mol. The monoisotopic (exact) mass is 545 g/mol. The Morgan fingerprint density at radius 3 is 2.52 bits per heavy atom. The van der Waals surface area contributed by atoms with Crippen LogP contribution in [-0.4, -0.2) is 72.7 Å². The lowest BCUT2D eigenvalue weighted by Gasteiger charge is -2.36. The van der Waals surface area contributed by atoms with Crippen LogP contribution in [0, 0.1) is 13.8 Å². The summed E-state index contributed by atoms with van der Waals surface area (Å²) >= 11 is 0. The van der Waals surface area contributed by atoms with E-state index in [4.69, 9.17) is 9.72 Å². The van der Waals surface area contributed by atoms with Crippen LogP contribution in [0.15, 0.2) is 35.1 Å². The van der Waals surface area contributed by atoms with Crippen molar-refractivity contribution in [2.45, 2.75) is 59.1 Å². The summed E-state index contributed by atoms with van der Waals surface area (Å²) < 4.78 is 7.04. The lowest BCUT2D eigenvalue weighted by Crippen LogP contribution is -2.52. The molecule has 3 heterocycles. The van der Waals surface area contributed by atoms with Crippen LogP contribution in [-0.2, 0) is 32.7 Å². The second kappa shape index (κ2) is 10.4. The Hall–Kier alpha value is -3.72. The minimum Gasteiger partial charge on any atom is -0.380 e. The van der Waals surface area contributed by atoms with E-state index in [1.807, 2.05) is 62.7 Å². The van der Waals surface area contributed by atoms with Gasteiger partial charge in [0.2, 0.25) is 11.8 Å². The van der Waals surface area contributed by atoms with Gasteiger partial charge >= 0.3 is 0 Å². The number of anilines is 2. The summed E-state index contributed by atoms with van der Waals surface area (Å²) in [6.45, 7) is 12.5. The molecule has 0 radical (unpaired) electrons. The molecule has 2 aliphatic heterocycles. The molecule has 1 saturated heterocycles. The second-order valence-electron chi connectivity index (χ2n) is 11.7. The van der Waals surface area contributed by atoms with Gasteiger partial charge in [-0.15, -0.1) is 0 Å². The molecule has 0 N–H and O–H groups in total. The SMILES string of the molecule is CO[C@@H](C)CN1CCN(c2ccc3c(=O)n(CCc4cc5c(cc4C)C(C)(C)C(=O)N5C)c(C)nc3c2)CC1=O. The van der Waals surface area contributed by atoms with Gasteiger partial charge in [-0.05, 0) is 82.0 Å². The Kier molecular flexibility index (Phi) is 7.20. The van der Waals surface area contributed by atoms with Gasteiger partial charge in [-0.25, -0.2) is 4.98 Å². The van der Waals surface area contributed by atoms with Crippen LogP contribution in [0.5, 0.6) is 0 Å². The van der Waals surface area contributed by atoms with E-state index in [-0.39, 0.29) is 30.0 Å². The molecule has 0 unspecified atom stereocenters. The minimum absolute atomic E-state index is 0.00480. The van der Waals surface area contributed by atoms with Crippen LogP contribution in [0.25, 0.3) is 10.9 Å². The van der Waals surface area contributed by atoms with Crippen molar-refractivity contribution in [2.75, 3.05) is 50.1 Å². The molecule has 212 valence electrons. The fraction of sp³-hybridized carbons (Fsp3) is 0.484. The van der Waals surface area contributed by atoms with E-state index in [2.05, 4.69) is 19.1 Å². The summed E-state index contributed by atoms with van der Waals surface area (Å²) in [7, 11) is 3.48. The van der Waals surface area contributed by atoms with Gasteiger partial charge < -0.3 is 19.4 Å². The van der Waals surface area contributed by atoms with E-state index < -0.39 is 5.41 Å². The first-order valence-corrected chi connectivity index (χ1v) is 13.9. The van der Waals surface area contributed by atoms with E-state index >= 15 is 0 Å². The van der Waals surface area contributed by atoms with Crippen LogP contribution in [0.3, 0.4) is 0 Å². The van der Waals surface area contributed by atoms with Gasteiger partial charge in [0.15, 0.2) is 0 Å². The number of methoxy groups -OCH3 is 1. The maximum absolute atomic E-state index is 13.5. The topological polar surface area (TPSA) is 88.0 Å². The lowest BCUT2D eigenvalue weighted by atomic mass is 9.84. The van der Waals surface area contributed by atoms with E-state index in [9.17, 15) is 14.4 Å². The standard InChI is InChI=1S/C31H39N5O4/c1-19-14-25-27(33(6)30(39)31(25,4)5)15-22(19)10-11-36-21(3)32-26-16-23(8-9-24(26)29(36)38)34-12-13-35(28(37)18-34)17-20(2)40-7/h8-9,14-16,20H,10-13,17-18H2,1-7H3/t20-/m0/s1. The second-order valence-corrected chi connectivity index (χ2v) is 11.7. The predicted octanol–water partition coefficient (Wildman–Crippen LogP) is 3.19. The number of carbonyl (C=O) groups is 2. The first-order valence-electron chi connectivity index (χ1n) is 13.9. The number of fused-ring (bicyclic) bond motifs is 2. The number of amides is 2. The number of likely N-dealkylation sites (N-methyl/N-ethyl adjacent to an activating group) is 1. The van der Waals surface area contributed by atoms with Crippen molar-refractivity contribution in [3.63, 3.8) is 0 Å². The molecule has 2 amide bonds. The number of hydrogen-bond donors (Lipinski definition) is 0. The summed E-state index contributed by atoms with van der Waals surface area (Å²) in [4.78, 5) is 49.4. The molecule has 3 aromatic rings. The normalized spacial score (nSPS) is 17.6. The van der Waals surface area contributed by atoms with Gasteiger partial charge in [-0.3, -0.25) is 19.0 Å². The van der Waals surface area contributed by atoms with Crippen molar-refractivity contribution in [3.05, 3.63) is 63.2 Å². The van der Waals surface area contributed by atoms with Gasteiger partial charge in [0.1, 0.15) is 5.82 Å². The zero-order valence-electron chi connectivity index (χ0n) is 24.6. The van der Waals surface area contributed by atoms with E-state index in [0.29, 0.717) is 49.3 Å². The zero-order valence-corrected chi connectivity index (χ0v) is 24.6. The van der Waals surface area contributed by atoms with Crippen LogP contribution in [0.1, 0.15) is 43.3 Å². The highest BCUT2D eigenvalue weighted by molar-refractivity contribution is 6.07. The smallest absolute Gasteiger partial charge is 0.261 e. The molecule has 5 rings (SSSR count). The average molecular weight is 546 g/mol. The molecule has 0 spiro atoms. The van der Waals surface area contributed by atoms with Crippen molar-refractivity contribution in [1.29, 1.82) is 0 Å². The van der Waals surface area contributed by atoms with Gasteiger partial charge in [0.05, 0.1) is 29.0 Å². The third-order valence-corrected chi connectivity index (χ3v) is 8.63. The Labute approximate surface area is 235 Å². The zero-order chi connectivity index (χ0) is 28.9. The van der Waals surface area contributed by atoms with Crippen LogP contribution in [0.2, 0.25) is 0 Å². The average Bonchev–Trinajstić information content (AvgIpc) is 3.08. The van der Waals surface area contributed by atoms with Crippen molar-refractivity contribution in [3.8, 4) is 0 Å². The molecule has 2 aromatic carbocycles. The van der Waals surface area contributed by atoms with Gasteiger partial charge in [0.25, 0.3) is 5.56 Å². The van der Waals surface area contributed by atoms with E-state index in [1.54, 1.807) is 16.6 Å². The summed E-state index contributed by atoms with van der Waals surface area (Å²) in [6.07, 6.45) is 0.650. The Morgan fingerprint density at radius 1 is 1.07 bits per heavy atom. The van der Waals surface area contributed by atoms with Gasteiger partial charge in [-0.2, -0.15) is 0 Å². The molecule has 1 atom stereocenters. The first kappa shape index (κ1) is 27.8. The van der Waals surface area contributed by atoms with E-state index in [1.165, 1.54) is 0 Å². The Balaban J connectivity index is 1.35. The predicted molar refractivity (Wildman–Crippen MR) is 157 cm³/mol. The maximum Gasteiger partial charge on any atom is 0.261 e. The minimum atomic E-state index is -0.536. The molecule has 2 aliphatic rings. The number of nitrogens with zero attached hydrogens (tertiary/aromatic N) is 5. The maximum atomic E-state index is 13.5. The number of hydrogen-bond acceptors (Lipinski definition) is 6. The number of piperazine rings is 1. The highest BCUT2D eigenvalue weighted by Gasteiger charge is 2.42. The highest BCUT2D eigenvalue weighted by Crippen LogP contribution is 2.42. The Bertz CT molecular complexity index is 1560. The number of rotatable bonds is 7. The van der Waals surface area contributed by atoms with Crippen LogP contribution >= 0.6 is 0 Å². The number of aryl methyl sites for hydroxylation is 3. The van der Waals surface area contributed by atoms with Gasteiger partial charge in [0, 0.05) is 51.7 Å². The molecule has 1 aromatic heterocycles. The van der Waals surface area contributed by atoms with E-state index in [0.717, 1.165) is 28.1 Å². The fourth-order valence-corrected chi connectivity index (χ4v) is 5.95. The van der Waals surface area contributed by atoms with Crippen LogP contribution in [0.4, 0.5) is 11.4 Å².